The van der Waals surface area contributed by atoms with E-state index in [1.54, 1.807) is 6.08 Å². The summed E-state index contributed by atoms with van der Waals surface area (Å²) in [6.07, 6.45) is 2.07. The molecule has 4 heteroatoms. The Kier molecular flexibility index (Phi) is 2.05. The van der Waals surface area contributed by atoms with Crippen LogP contribution in [0.15, 0.2) is 12.7 Å². The first-order valence-electron chi connectivity index (χ1n) is 3.65. The number of rotatable bonds is 3. The lowest BCUT2D eigenvalue weighted by Gasteiger charge is -2.06. The maximum Gasteiger partial charge on any atom is 0.406 e. The van der Waals surface area contributed by atoms with Crippen molar-refractivity contribution in [1.29, 1.82) is 5.26 Å². The highest BCUT2D eigenvalue weighted by Gasteiger charge is 2.58. The van der Waals surface area contributed by atoms with Crippen molar-refractivity contribution in [3.63, 3.8) is 0 Å². The summed E-state index contributed by atoms with van der Waals surface area (Å²) in [5.41, 5.74) is 3.86. The predicted molar refractivity (Wildman–Crippen MR) is 41.9 cm³/mol. The fourth-order valence-electron chi connectivity index (χ4n) is 1.25. The van der Waals surface area contributed by atoms with E-state index in [4.69, 9.17) is 15.7 Å². The Labute approximate surface area is 70.6 Å². The first kappa shape index (κ1) is 8.60. The Morgan fingerprint density at radius 2 is 2.67 bits per heavy atom. The molecule has 1 amide bonds. The lowest BCUT2D eigenvalue weighted by Crippen LogP contribution is -2.24. The Morgan fingerprint density at radius 3 is 3.08 bits per heavy atom. The van der Waals surface area contributed by atoms with E-state index in [9.17, 15) is 4.79 Å². The molecule has 1 aliphatic carbocycles. The molecule has 0 aromatic rings. The summed E-state index contributed by atoms with van der Waals surface area (Å²) in [7, 11) is 0. The van der Waals surface area contributed by atoms with Gasteiger partial charge in [0.15, 0.2) is 0 Å². The Morgan fingerprint density at radius 1 is 2.00 bits per heavy atom. The van der Waals surface area contributed by atoms with Crippen LogP contribution in [0, 0.1) is 17.2 Å². The summed E-state index contributed by atoms with van der Waals surface area (Å²) >= 11 is 0. The molecule has 0 bridgehead atoms. The van der Waals surface area contributed by atoms with E-state index < -0.39 is 11.7 Å². The number of hydrogen-bond donors (Lipinski definition) is 1. The van der Waals surface area contributed by atoms with Crippen LogP contribution >= 0.6 is 0 Å². The van der Waals surface area contributed by atoms with Crippen LogP contribution in [-0.4, -0.2) is 11.7 Å². The van der Waals surface area contributed by atoms with E-state index in [0.717, 1.165) is 0 Å². The van der Waals surface area contributed by atoms with Gasteiger partial charge in [-0.2, -0.15) is 5.26 Å². The summed E-state index contributed by atoms with van der Waals surface area (Å²) in [6.45, 7) is 3.54. The van der Waals surface area contributed by atoms with Gasteiger partial charge in [0.25, 0.3) is 0 Å². The summed E-state index contributed by atoms with van der Waals surface area (Å²) in [5, 5.41) is 8.69. The van der Waals surface area contributed by atoms with Gasteiger partial charge in [-0.25, -0.2) is 4.79 Å². The molecule has 0 radical (unpaired) electrons. The van der Waals surface area contributed by atoms with Gasteiger partial charge in [0, 0.05) is 12.3 Å². The average Bonchev–Trinajstić information content (AvgIpc) is 2.64. The van der Waals surface area contributed by atoms with Gasteiger partial charge >= 0.3 is 6.09 Å². The van der Waals surface area contributed by atoms with E-state index >= 15 is 0 Å². The molecule has 0 saturated heterocycles. The lowest BCUT2D eigenvalue weighted by molar-refractivity contribution is 0.112. The van der Waals surface area contributed by atoms with Gasteiger partial charge in [0.2, 0.25) is 5.60 Å². The van der Waals surface area contributed by atoms with Crippen molar-refractivity contribution in [2.75, 3.05) is 0 Å². The summed E-state index contributed by atoms with van der Waals surface area (Å²) < 4.78 is 4.69. The van der Waals surface area contributed by atoms with Crippen molar-refractivity contribution < 1.29 is 9.53 Å². The van der Waals surface area contributed by atoms with Crippen LogP contribution in [0.4, 0.5) is 4.79 Å². The zero-order chi connectivity index (χ0) is 9.19. The van der Waals surface area contributed by atoms with Crippen LogP contribution in [0.5, 0.6) is 0 Å². The molecule has 1 rings (SSSR count). The van der Waals surface area contributed by atoms with Gasteiger partial charge in [-0.15, -0.1) is 6.58 Å². The first-order chi connectivity index (χ1) is 5.64. The van der Waals surface area contributed by atoms with E-state index in [2.05, 4.69) is 6.58 Å². The number of ether oxygens (including phenoxy) is 1. The average molecular weight is 166 g/mol. The third kappa shape index (κ3) is 1.40. The zero-order valence-corrected chi connectivity index (χ0v) is 6.62. The van der Waals surface area contributed by atoms with Gasteiger partial charge in [0.1, 0.15) is 6.07 Å². The van der Waals surface area contributed by atoms with E-state index in [-0.39, 0.29) is 5.92 Å². The molecule has 1 fully saturated rings. The molecule has 0 aliphatic heterocycles. The third-order valence-corrected chi connectivity index (χ3v) is 1.97. The molecular formula is C8H10N2O2. The summed E-state index contributed by atoms with van der Waals surface area (Å²) in [5.74, 6) is 0.0764. The Hall–Kier alpha value is -1.50. The van der Waals surface area contributed by atoms with Crippen LogP contribution < -0.4 is 5.73 Å². The number of amides is 1. The molecule has 1 saturated carbocycles. The number of primary amides is 1. The predicted octanol–water partition coefficient (Wildman–Crippen LogP) is 0.940. The fourth-order valence-corrected chi connectivity index (χ4v) is 1.25. The highest BCUT2D eigenvalue weighted by molar-refractivity contribution is 5.66. The van der Waals surface area contributed by atoms with Crippen molar-refractivity contribution in [2.24, 2.45) is 11.7 Å². The minimum absolute atomic E-state index is 0.0764. The smallest absolute Gasteiger partial charge is 0.406 e. The van der Waals surface area contributed by atoms with Crippen molar-refractivity contribution in [2.45, 2.75) is 18.4 Å². The quantitative estimate of drug-likeness (QED) is 0.634. The molecule has 2 N–H and O–H groups in total. The Bertz CT molecular complexity index is 256. The maximum atomic E-state index is 10.4. The minimum atomic E-state index is -0.958. The molecular weight excluding hydrogens is 156 g/mol. The second-order valence-electron chi connectivity index (χ2n) is 2.85. The number of nitriles is 1. The SMILES string of the molecule is C=CCC1CC1(C#N)OC(N)=O. The number of nitrogens with zero attached hydrogens (tertiary/aromatic N) is 1. The lowest BCUT2D eigenvalue weighted by atomic mass is 10.2. The normalized spacial score (nSPS) is 31.8. The maximum absolute atomic E-state index is 10.4. The zero-order valence-electron chi connectivity index (χ0n) is 6.62. The third-order valence-electron chi connectivity index (χ3n) is 1.97. The molecule has 0 heterocycles. The molecule has 2 unspecified atom stereocenters. The number of hydrogen-bond acceptors (Lipinski definition) is 3. The van der Waals surface area contributed by atoms with Crippen molar-refractivity contribution in [1.82, 2.24) is 0 Å². The van der Waals surface area contributed by atoms with Crippen molar-refractivity contribution in [3.8, 4) is 6.07 Å². The molecule has 0 aromatic carbocycles. The largest absolute Gasteiger partial charge is 0.427 e. The number of carbonyl (C=O) groups is 1. The summed E-state index contributed by atoms with van der Waals surface area (Å²) in [6, 6.07) is 1.95. The van der Waals surface area contributed by atoms with Crippen LogP contribution in [0.1, 0.15) is 12.8 Å². The van der Waals surface area contributed by atoms with Gasteiger partial charge < -0.3 is 10.5 Å². The molecule has 0 spiro atoms. The van der Waals surface area contributed by atoms with Crippen molar-refractivity contribution >= 4 is 6.09 Å². The standard InChI is InChI=1S/C8H10N2O2/c1-2-3-6-4-8(6,5-9)12-7(10)11/h2,6H,1,3-4H2,(H2,10,11). The van der Waals surface area contributed by atoms with Gasteiger partial charge in [-0.1, -0.05) is 6.08 Å². The van der Waals surface area contributed by atoms with E-state index in [1.165, 1.54) is 0 Å². The highest BCUT2D eigenvalue weighted by atomic mass is 16.6. The van der Waals surface area contributed by atoms with Crippen molar-refractivity contribution in [3.05, 3.63) is 12.7 Å². The number of nitrogens with two attached hydrogens (primary N) is 1. The topological polar surface area (TPSA) is 76.1 Å². The number of carbonyl (C=O) groups excluding carboxylic acids is 1. The van der Waals surface area contributed by atoms with Crippen LogP contribution in [0.3, 0.4) is 0 Å². The second kappa shape index (κ2) is 2.86. The van der Waals surface area contributed by atoms with Crippen LogP contribution in [0.25, 0.3) is 0 Å². The van der Waals surface area contributed by atoms with Gasteiger partial charge in [-0.05, 0) is 6.42 Å². The molecule has 4 nitrogen and oxygen atoms in total. The number of allylic oxidation sites excluding steroid dienone is 1. The second-order valence-corrected chi connectivity index (χ2v) is 2.85. The van der Waals surface area contributed by atoms with Gasteiger partial charge in [-0.3, -0.25) is 0 Å². The van der Waals surface area contributed by atoms with Gasteiger partial charge in [0.05, 0.1) is 0 Å². The van der Waals surface area contributed by atoms with Crippen LogP contribution in [0.2, 0.25) is 0 Å². The van der Waals surface area contributed by atoms with E-state index in [0.29, 0.717) is 12.8 Å². The van der Waals surface area contributed by atoms with E-state index in [1.807, 2.05) is 6.07 Å². The monoisotopic (exact) mass is 166 g/mol. The molecule has 12 heavy (non-hydrogen) atoms. The molecule has 0 aromatic heterocycles. The minimum Gasteiger partial charge on any atom is -0.427 e. The highest BCUT2D eigenvalue weighted by Crippen LogP contribution is 2.48. The fraction of sp³-hybridized carbons (Fsp3) is 0.500. The Balaban J connectivity index is 2.54. The summed E-state index contributed by atoms with van der Waals surface area (Å²) in [4.78, 5) is 10.4. The molecule has 2 atom stereocenters. The molecule has 64 valence electrons. The van der Waals surface area contributed by atoms with Crippen LogP contribution in [-0.2, 0) is 4.74 Å². The first-order valence-corrected chi connectivity index (χ1v) is 3.65. The molecule has 1 aliphatic rings.